The number of hydrogen-bond acceptors (Lipinski definition) is 5. The third-order valence-electron chi connectivity index (χ3n) is 6.91. The third kappa shape index (κ3) is 4.46. The van der Waals surface area contributed by atoms with Crippen molar-refractivity contribution in [2.45, 2.75) is 59.5 Å². The molecule has 0 bridgehead atoms. The lowest BCUT2D eigenvalue weighted by molar-refractivity contribution is 0.0846. The van der Waals surface area contributed by atoms with E-state index in [4.69, 9.17) is 4.74 Å². The molecule has 2 N–H and O–H groups in total. The molecule has 0 radical (unpaired) electrons. The van der Waals surface area contributed by atoms with Crippen LogP contribution in [0.15, 0.2) is 23.1 Å². The smallest absolute Gasteiger partial charge is 0.253 e. The summed E-state index contributed by atoms with van der Waals surface area (Å²) in [6, 6.07) is 4.22. The number of rotatable bonds is 7. The summed E-state index contributed by atoms with van der Waals surface area (Å²) in [5, 5.41) is 8.58. The van der Waals surface area contributed by atoms with E-state index in [2.05, 4.69) is 34.1 Å². The Hall–Kier alpha value is -3.13. The van der Waals surface area contributed by atoms with E-state index in [9.17, 15) is 9.59 Å². The standard InChI is InChI=1S/C26H35N5O3/c1-6-19-20(25(32)27-14-21-16(3)12-17(4)29-26(21)33)13-23-22(15-28-30(23)5)24(19)31(7-2)18-8-10-34-11-9-18/h12-13,15,18H,6-11,14H2,1-5H3,(H,27,32)(H,29,33). The lowest BCUT2D eigenvalue weighted by atomic mass is 9.95. The van der Waals surface area contributed by atoms with Crippen molar-refractivity contribution in [2.75, 3.05) is 24.7 Å². The van der Waals surface area contributed by atoms with Gasteiger partial charge in [-0.3, -0.25) is 14.3 Å². The lowest BCUT2D eigenvalue weighted by Gasteiger charge is -2.37. The van der Waals surface area contributed by atoms with Gasteiger partial charge in [0.25, 0.3) is 11.5 Å². The molecule has 1 amide bonds. The Morgan fingerprint density at radius 2 is 1.97 bits per heavy atom. The Kier molecular flexibility index (Phi) is 7.07. The second kappa shape index (κ2) is 10.0. The summed E-state index contributed by atoms with van der Waals surface area (Å²) >= 11 is 0. The number of carbonyl (C=O) groups is 1. The minimum absolute atomic E-state index is 0.159. The monoisotopic (exact) mass is 465 g/mol. The number of fused-ring (bicyclic) bond motifs is 1. The Balaban J connectivity index is 1.76. The summed E-state index contributed by atoms with van der Waals surface area (Å²) < 4.78 is 7.43. The summed E-state index contributed by atoms with van der Waals surface area (Å²) in [4.78, 5) is 31.2. The van der Waals surface area contributed by atoms with Crippen LogP contribution in [0, 0.1) is 13.8 Å². The number of hydrogen-bond donors (Lipinski definition) is 2. The molecule has 34 heavy (non-hydrogen) atoms. The highest BCUT2D eigenvalue weighted by molar-refractivity contribution is 6.05. The molecule has 1 aliphatic rings. The van der Waals surface area contributed by atoms with Crippen molar-refractivity contribution >= 4 is 22.5 Å². The van der Waals surface area contributed by atoms with Crippen molar-refractivity contribution in [3.63, 3.8) is 0 Å². The molecule has 3 heterocycles. The number of nitrogens with one attached hydrogen (secondary N) is 2. The van der Waals surface area contributed by atoms with Gasteiger partial charge < -0.3 is 19.9 Å². The number of anilines is 1. The highest BCUT2D eigenvalue weighted by atomic mass is 16.5. The van der Waals surface area contributed by atoms with Crippen LogP contribution in [-0.2, 0) is 24.8 Å². The number of aryl methyl sites for hydroxylation is 3. The van der Waals surface area contributed by atoms with Crippen LogP contribution in [0.3, 0.4) is 0 Å². The number of amides is 1. The fourth-order valence-electron chi connectivity index (χ4n) is 5.16. The molecule has 1 aromatic carbocycles. The molecule has 1 aliphatic heterocycles. The Bertz CT molecular complexity index is 1250. The molecule has 4 rings (SSSR count). The quantitative estimate of drug-likeness (QED) is 0.558. The van der Waals surface area contributed by atoms with E-state index in [0.717, 1.165) is 66.0 Å². The van der Waals surface area contributed by atoms with Gasteiger partial charge >= 0.3 is 0 Å². The molecule has 0 unspecified atom stereocenters. The van der Waals surface area contributed by atoms with E-state index in [1.54, 1.807) is 0 Å². The molecule has 0 atom stereocenters. The van der Waals surface area contributed by atoms with Gasteiger partial charge in [0.05, 0.1) is 17.4 Å². The van der Waals surface area contributed by atoms with Crippen LogP contribution in [0.2, 0.25) is 0 Å². The minimum atomic E-state index is -0.177. The van der Waals surface area contributed by atoms with Gasteiger partial charge in [-0.2, -0.15) is 5.10 Å². The molecule has 2 aromatic heterocycles. The van der Waals surface area contributed by atoms with Gasteiger partial charge in [0, 0.05) is 61.6 Å². The summed E-state index contributed by atoms with van der Waals surface area (Å²) in [6.45, 7) is 10.5. The normalized spacial score (nSPS) is 14.5. The first kappa shape index (κ1) is 24.0. The predicted molar refractivity (Wildman–Crippen MR) is 135 cm³/mol. The van der Waals surface area contributed by atoms with Gasteiger partial charge in [0.15, 0.2) is 0 Å². The minimum Gasteiger partial charge on any atom is -0.381 e. The zero-order chi connectivity index (χ0) is 24.4. The second-order valence-corrected chi connectivity index (χ2v) is 9.06. The zero-order valence-electron chi connectivity index (χ0n) is 20.8. The number of aromatic nitrogens is 3. The van der Waals surface area contributed by atoms with E-state index >= 15 is 0 Å². The predicted octanol–water partition coefficient (Wildman–Crippen LogP) is 3.38. The van der Waals surface area contributed by atoms with E-state index in [1.165, 1.54) is 0 Å². The molecule has 1 saturated heterocycles. The summed E-state index contributed by atoms with van der Waals surface area (Å²) in [6.07, 6.45) is 4.55. The van der Waals surface area contributed by atoms with Crippen molar-refractivity contribution in [3.8, 4) is 0 Å². The largest absolute Gasteiger partial charge is 0.381 e. The van der Waals surface area contributed by atoms with Crippen molar-refractivity contribution in [3.05, 3.63) is 56.6 Å². The topological polar surface area (TPSA) is 92.2 Å². The fourth-order valence-corrected chi connectivity index (χ4v) is 5.16. The average Bonchev–Trinajstić information content (AvgIpc) is 3.19. The highest BCUT2D eigenvalue weighted by Crippen LogP contribution is 2.36. The fraction of sp³-hybridized carbons (Fsp3) is 0.500. The molecule has 0 aliphatic carbocycles. The SMILES string of the molecule is CCc1c(C(=O)NCc2c(C)cc(C)[nH]c2=O)cc2c(cnn2C)c1N(CC)C1CCOCC1. The maximum atomic E-state index is 13.5. The first-order valence-electron chi connectivity index (χ1n) is 12.1. The van der Waals surface area contributed by atoms with Crippen molar-refractivity contribution < 1.29 is 9.53 Å². The van der Waals surface area contributed by atoms with Crippen LogP contribution in [0.4, 0.5) is 5.69 Å². The Morgan fingerprint density at radius 1 is 1.24 bits per heavy atom. The van der Waals surface area contributed by atoms with Crippen molar-refractivity contribution in [2.24, 2.45) is 7.05 Å². The summed E-state index contributed by atoms with van der Waals surface area (Å²) in [5.74, 6) is -0.177. The lowest BCUT2D eigenvalue weighted by Crippen LogP contribution is -2.40. The highest BCUT2D eigenvalue weighted by Gasteiger charge is 2.27. The molecule has 182 valence electrons. The van der Waals surface area contributed by atoms with Gasteiger partial charge in [0.1, 0.15) is 0 Å². The number of pyridine rings is 1. The Morgan fingerprint density at radius 3 is 2.62 bits per heavy atom. The van der Waals surface area contributed by atoms with Crippen LogP contribution < -0.4 is 15.8 Å². The molecule has 8 nitrogen and oxygen atoms in total. The maximum absolute atomic E-state index is 13.5. The average molecular weight is 466 g/mol. The van der Waals surface area contributed by atoms with Gasteiger partial charge in [-0.25, -0.2) is 0 Å². The van der Waals surface area contributed by atoms with Gasteiger partial charge in [-0.15, -0.1) is 0 Å². The number of nitrogens with zero attached hydrogens (tertiary/aromatic N) is 3. The molecular weight excluding hydrogens is 430 g/mol. The molecule has 0 saturated carbocycles. The summed E-state index contributed by atoms with van der Waals surface area (Å²) in [7, 11) is 1.90. The molecule has 3 aromatic rings. The molecule has 0 spiro atoms. The van der Waals surface area contributed by atoms with Gasteiger partial charge in [-0.1, -0.05) is 6.92 Å². The maximum Gasteiger partial charge on any atom is 0.253 e. The summed E-state index contributed by atoms with van der Waals surface area (Å²) in [5.41, 5.74) is 5.77. The number of aromatic amines is 1. The second-order valence-electron chi connectivity index (χ2n) is 9.06. The van der Waals surface area contributed by atoms with E-state index in [-0.39, 0.29) is 18.0 Å². The molecule has 1 fully saturated rings. The number of carbonyl (C=O) groups excluding carboxylic acids is 1. The first-order chi connectivity index (χ1) is 16.3. The van der Waals surface area contributed by atoms with Crippen LogP contribution in [0.25, 0.3) is 10.9 Å². The van der Waals surface area contributed by atoms with Crippen molar-refractivity contribution in [1.29, 1.82) is 0 Å². The molecular formula is C26H35N5O3. The number of benzene rings is 1. The van der Waals surface area contributed by atoms with Gasteiger partial charge in [-0.05, 0) is 63.3 Å². The number of ether oxygens (including phenoxy) is 1. The number of H-pyrrole nitrogens is 1. The van der Waals surface area contributed by atoms with Crippen LogP contribution in [0.1, 0.15) is 59.4 Å². The van der Waals surface area contributed by atoms with E-state index in [1.807, 2.05) is 43.9 Å². The van der Waals surface area contributed by atoms with Gasteiger partial charge in [0.2, 0.25) is 0 Å². The van der Waals surface area contributed by atoms with Crippen LogP contribution >= 0.6 is 0 Å². The van der Waals surface area contributed by atoms with E-state index < -0.39 is 0 Å². The van der Waals surface area contributed by atoms with E-state index in [0.29, 0.717) is 23.6 Å². The zero-order valence-corrected chi connectivity index (χ0v) is 20.8. The first-order valence-corrected chi connectivity index (χ1v) is 12.1. The third-order valence-corrected chi connectivity index (χ3v) is 6.91. The van der Waals surface area contributed by atoms with Crippen molar-refractivity contribution in [1.82, 2.24) is 20.1 Å². The van der Waals surface area contributed by atoms with Crippen LogP contribution in [0.5, 0.6) is 0 Å². The van der Waals surface area contributed by atoms with Crippen LogP contribution in [-0.4, -0.2) is 46.5 Å². The Labute approximate surface area is 200 Å². The molecule has 8 heteroatoms.